The first kappa shape index (κ1) is 14.1. The third kappa shape index (κ3) is 3.25. The predicted octanol–water partition coefficient (Wildman–Crippen LogP) is 2.27. The predicted molar refractivity (Wildman–Crippen MR) is 74.0 cm³/mol. The molecule has 6 heteroatoms. The van der Waals surface area contributed by atoms with E-state index in [0.29, 0.717) is 24.4 Å². The molecule has 1 amide bonds. The zero-order chi connectivity index (χ0) is 14.8. The number of carbonyl (C=O) groups is 2. The first-order chi connectivity index (χ1) is 10.1. The second-order valence-electron chi connectivity index (χ2n) is 6.08. The van der Waals surface area contributed by atoms with E-state index < -0.39 is 5.97 Å². The lowest BCUT2D eigenvalue weighted by atomic mass is 9.93. The van der Waals surface area contributed by atoms with Gasteiger partial charge in [-0.2, -0.15) is 0 Å². The maximum absolute atomic E-state index is 12.6. The summed E-state index contributed by atoms with van der Waals surface area (Å²) in [6.45, 7) is 1.37. The van der Waals surface area contributed by atoms with Crippen molar-refractivity contribution >= 4 is 11.9 Å². The van der Waals surface area contributed by atoms with Crippen molar-refractivity contribution in [2.75, 3.05) is 13.1 Å². The summed E-state index contributed by atoms with van der Waals surface area (Å²) in [6.07, 6.45) is 6.35. The SMILES string of the molecule is O=C(O)CCC1CCCN(C(=O)c2conc2C2CC2)C1. The van der Waals surface area contributed by atoms with E-state index in [1.807, 2.05) is 4.90 Å². The van der Waals surface area contributed by atoms with E-state index in [9.17, 15) is 9.59 Å². The molecule has 114 valence electrons. The summed E-state index contributed by atoms with van der Waals surface area (Å²) in [4.78, 5) is 25.1. The summed E-state index contributed by atoms with van der Waals surface area (Å²) in [5.41, 5.74) is 1.39. The van der Waals surface area contributed by atoms with Crippen molar-refractivity contribution < 1.29 is 19.2 Å². The fourth-order valence-corrected chi connectivity index (χ4v) is 3.04. The molecule has 3 rings (SSSR count). The number of piperidine rings is 1. The minimum atomic E-state index is -0.770. The van der Waals surface area contributed by atoms with Crippen LogP contribution in [0.5, 0.6) is 0 Å². The van der Waals surface area contributed by atoms with Gasteiger partial charge in [0.2, 0.25) is 0 Å². The standard InChI is InChI=1S/C15H20N2O4/c18-13(19)6-3-10-2-1-7-17(8-10)15(20)12-9-21-16-14(12)11-4-5-11/h9-11H,1-8H2,(H,18,19). The third-order valence-electron chi connectivity index (χ3n) is 4.36. The molecule has 1 saturated heterocycles. The van der Waals surface area contributed by atoms with Gasteiger partial charge >= 0.3 is 5.97 Å². The lowest BCUT2D eigenvalue weighted by Gasteiger charge is -2.32. The van der Waals surface area contributed by atoms with E-state index in [0.717, 1.165) is 37.9 Å². The van der Waals surface area contributed by atoms with Gasteiger partial charge in [0, 0.05) is 25.4 Å². The van der Waals surface area contributed by atoms with Crippen LogP contribution in [0, 0.1) is 5.92 Å². The molecule has 2 aliphatic rings. The highest BCUT2D eigenvalue weighted by Gasteiger charge is 2.34. The number of amides is 1. The Morgan fingerprint density at radius 3 is 2.90 bits per heavy atom. The molecule has 21 heavy (non-hydrogen) atoms. The van der Waals surface area contributed by atoms with Gasteiger partial charge in [-0.3, -0.25) is 9.59 Å². The number of nitrogens with zero attached hydrogens (tertiary/aromatic N) is 2. The van der Waals surface area contributed by atoms with Crippen molar-refractivity contribution in [1.29, 1.82) is 0 Å². The van der Waals surface area contributed by atoms with Crippen molar-refractivity contribution in [2.24, 2.45) is 5.92 Å². The summed E-state index contributed by atoms with van der Waals surface area (Å²) >= 11 is 0. The zero-order valence-corrected chi connectivity index (χ0v) is 12.0. The number of aromatic nitrogens is 1. The highest BCUT2D eigenvalue weighted by Crippen LogP contribution is 2.41. The molecular weight excluding hydrogens is 272 g/mol. The van der Waals surface area contributed by atoms with Crippen LogP contribution >= 0.6 is 0 Å². The highest BCUT2D eigenvalue weighted by atomic mass is 16.5. The fourth-order valence-electron chi connectivity index (χ4n) is 3.04. The van der Waals surface area contributed by atoms with Crippen molar-refractivity contribution in [3.63, 3.8) is 0 Å². The number of carboxylic acids is 1. The van der Waals surface area contributed by atoms with Crippen LogP contribution in [0.3, 0.4) is 0 Å². The van der Waals surface area contributed by atoms with Gasteiger partial charge in [0.15, 0.2) is 0 Å². The van der Waals surface area contributed by atoms with Crippen LogP contribution in [0.25, 0.3) is 0 Å². The fraction of sp³-hybridized carbons (Fsp3) is 0.667. The average molecular weight is 292 g/mol. The molecule has 1 aromatic rings. The Labute approximate surface area is 123 Å². The van der Waals surface area contributed by atoms with Gasteiger partial charge in [0.05, 0.1) is 5.69 Å². The molecule has 1 unspecified atom stereocenters. The number of carbonyl (C=O) groups excluding carboxylic acids is 1. The van der Waals surface area contributed by atoms with Gasteiger partial charge in [-0.25, -0.2) is 0 Å². The van der Waals surface area contributed by atoms with Gasteiger partial charge in [0.1, 0.15) is 11.8 Å². The van der Waals surface area contributed by atoms with Gasteiger partial charge in [-0.1, -0.05) is 5.16 Å². The van der Waals surface area contributed by atoms with Gasteiger partial charge in [-0.05, 0) is 38.0 Å². The molecule has 1 aromatic heterocycles. The number of hydrogen-bond acceptors (Lipinski definition) is 4. The van der Waals surface area contributed by atoms with Crippen LogP contribution in [0.15, 0.2) is 10.8 Å². The first-order valence-electron chi connectivity index (χ1n) is 7.60. The smallest absolute Gasteiger partial charge is 0.303 e. The number of aliphatic carboxylic acids is 1. The second kappa shape index (κ2) is 5.87. The van der Waals surface area contributed by atoms with Gasteiger partial charge < -0.3 is 14.5 Å². The minimum absolute atomic E-state index is 0.0156. The molecule has 2 heterocycles. The summed E-state index contributed by atoms with van der Waals surface area (Å²) in [7, 11) is 0. The van der Waals surface area contributed by atoms with Gasteiger partial charge in [0.25, 0.3) is 5.91 Å². The molecule has 0 radical (unpaired) electrons. The second-order valence-corrected chi connectivity index (χ2v) is 6.08. The summed E-state index contributed by atoms with van der Waals surface area (Å²) < 4.78 is 4.99. The number of hydrogen-bond donors (Lipinski definition) is 1. The van der Waals surface area contributed by atoms with E-state index in [2.05, 4.69) is 5.16 Å². The van der Waals surface area contributed by atoms with Crippen LogP contribution in [-0.2, 0) is 4.79 Å². The normalized spacial score (nSPS) is 22.3. The lowest BCUT2D eigenvalue weighted by molar-refractivity contribution is -0.137. The Balaban J connectivity index is 1.63. The third-order valence-corrected chi connectivity index (χ3v) is 4.36. The van der Waals surface area contributed by atoms with Crippen molar-refractivity contribution in [1.82, 2.24) is 10.1 Å². The van der Waals surface area contributed by atoms with Crippen LogP contribution in [-0.4, -0.2) is 40.1 Å². The van der Waals surface area contributed by atoms with E-state index in [1.165, 1.54) is 6.26 Å². The minimum Gasteiger partial charge on any atom is -0.481 e. The van der Waals surface area contributed by atoms with Crippen LogP contribution in [0.4, 0.5) is 0 Å². The molecule has 1 atom stereocenters. The maximum atomic E-state index is 12.6. The van der Waals surface area contributed by atoms with Crippen LogP contribution in [0.2, 0.25) is 0 Å². The molecule has 1 aliphatic carbocycles. The number of likely N-dealkylation sites (tertiary alicyclic amines) is 1. The van der Waals surface area contributed by atoms with E-state index in [4.69, 9.17) is 9.63 Å². The first-order valence-corrected chi connectivity index (χ1v) is 7.60. The molecule has 1 aliphatic heterocycles. The molecule has 0 spiro atoms. The van der Waals surface area contributed by atoms with Gasteiger partial charge in [-0.15, -0.1) is 0 Å². The maximum Gasteiger partial charge on any atom is 0.303 e. The van der Waals surface area contributed by atoms with E-state index in [1.54, 1.807) is 0 Å². The Hall–Kier alpha value is -1.85. The largest absolute Gasteiger partial charge is 0.481 e. The molecule has 0 aromatic carbocycles. The van der Waals surface area contributed by atoms with E-state index in [-0.39, 0.29) is 18.2 Å². The lowest BCUT2D eigenvalue weighted by Crippen LogP contribution is -2.40. The molecule has 0 bridgehead atoms. The summed E-state index contributed by atoms with van der Waals surface area (Å²) in [5, 5.41) is 12.7. The number of rotatable bonds is 5. The topological polar surface area (TPSA) is 83.6 Å². The Kier molecular flexibility index (Phi) is 3.94. The molecule has 2 fully saturated rings. The molecular formula is C15H20N2O4. The average Bonchev–Trinajstić information content (AvgIpc) is 3.22. The van der Waals surface area contributed by atoms with Crippen molar-refractivity contribution in [3.05, 3.63) is 17.5 Å². The quantitative estimate of drug-likeness (QED) is 0.900. The molecule has 6 nitrogen and oxygen atoms in total. The Morgan fingerprint density at radius 1 is 1.38 bits per heavy atom. The van der Waals surface area contributed by atoms with Crippen molar-refractivity contribution in [2.45, 2.75) is 44.4 Å². The Bertz CT molecular complexity index is 536. The number of carboxylic acid groups (broad SMARTS) is 1. The monoisotopic (exact) mass is 292 g/mol. The van der Waals surface area contributed by atoms with E-state index >= 15 is 0 Å². The zero-order valence-electron chi connectivity index (χ0n) is 12.0. The van der Waals surface area contributed by atoms with Crippen LogP contribution in [0.1, 0.15) is 60.5 Å². The highest BCUT2D eigenvalue weighted by molar-refractivity contribution is 5.95. The summed E-state index contributed by atoms with van der Waals surface area (Å²) in [5.74, 6) is -0.120. The molecule has 1 saturated carbocycles. The summed E-state index contributed by atoms with van der Waals surface area (Å²) in [6, 6.07) is 0. The Morgan fingerprint density at radius 2 is 2.19 bits per heavy atom. The van der Waals surface area contributed by atoms with Crippen molar-refractivity contribution in [3.8, 4) is 0 Å². The van der Waals surface area contributed by atoms with Crippen LogP contribution < -0.4 is 0 Å². The molecule has 1 N–H and O–H groups in total.